The molecule has 1 heterocycles. The molecule has 6 nitrogen and oxygen atoms in total. The Morgan fingerprint density at radius 3 is 2.60 bits per heavy atom. The molecule has 0 aliphatic carbocycles. The Morgan fingerprint density at radius 1 is 1.20 bits per heavy atom. The number of amides is 1. The van der Waals surface area contributed by atoms with Crippen LogP contribution in [0, 0.1) is 6.92 Å². The average Bonchev–Trinajstić information content (AvgIpc) is 2.90. The van der Waals surface area contributed by atoms with Crippen molar-refractivity contribution in [1.82, 2.24) is 5.32 Å². The van der Waals surface area contributed by atoms with Gasteiger partial charge in [0.05, 0.1) is 10.6 Å². The molecule has 0 aromatic heterocycles. The Morgan fingerprint density at radius 2 is 1.92 bits per heavy atom. The summed E-state index contributed by atoms with van der Waals surface area (Å²) in [6.45, 7) is 1.99. The van der Waals surface area contributed by atoms with Gasteiger partial charge in [-0.1, -0.05) is 29.8 Å². The lowest BCUT2D eigenvalue weighted by Gasteiger charge is -2.01. The summed E-state index contributed by atoms with van der Waals surface area (Å²) in [6.07, 6.45) is 1.77. The number of amidine groups is 1. The number of carboxylic acids is 1. The summed E-state index contributed by atoms with van der Waals surface area (Å²) in [5.74, 6) is -1.84. The number of nitrogens with one attached hydrogen (secondary N) is 1. The van der Waals surface area contributed by atoms with E-state index in [4.69, 9.17) is 5.11 Å². The highest BCUT2D eigenvalue weighted by molar-refractivity contribution is 8.18. The quantitative estimate of drug-likeness (QED) is 0.735. The van der Waals surface area contributed by atoms with E-state index < -0.39 is 5.97 Å². The molecule has 1 aliphatic rings. The molecule has 1 fully saturated rings. The van der Waals surface area contributed by atoms with Crippen LogP contribution in [0.2, 0.25) is 0 Å². The Balaban J connectivity index is 1.85. The summed E-state index contributed by atoms with van der Waals surface area (Å²) < 4.78 is 0. The third-order valence-electron chi connectivity index (χ3n) is 3.47. The van der Waals surface area contributed by atoms with E-state index in [2.05, 4.69) is 10.3 Å². The third-order valence-corrected chi connectivity index (χ3v) is 4.38. The van der Waals surface area contributed by atoms with E-state index in [0.717, 1.165) is 11.1 Å². The number of aryl methyl sites for hydroxylation is 1. The molecule has 1 saturated heterocycles. The maximum absolute atomic E-state index is 12.1. The molecule has 3 N–H and O–H groups in total. The van der Waals surface area contributed by atoms with Gasteiger partial charge in [-0.25, -0.2) is 9.79 Å². The number of benzene rings is 2. The highest BCUT2D eigenvalue weighted by Crippen LogP contribution is 2.29. The van der Waals surface area contributed by atoms with E-state index in [1.807, 2.05) is 31.2 Å². The first-order chi connectivity index (χ1) is 11.9. The molecule has 2 aromatic carbocycles. The molecule has 1 amide bonds. The van der Waals surface area contributed by atoms with E-state index in [9.17, 15) is 14.7 Å². The molecule has 1 aliphatic heterocycles. The summed E-state index contributed by atoms with van der Waals surface area (Å²) in [4.78, 5) is 27.8. The van der Waals surface area contributed by atoms with Gasteiger partial charge in [-0.15, -0.1) is 0 Å². The zero-order valence-electron chi connectivity index (χ0n) is 13.2. The molecule has 2 aromatic rings. The van der Waals surface area contributed by atoms with Crippen LogP contribution in [0.25, 0.3) is 6.08 Å². The SMILES string of the molecule is Cc1ccc(C=C2SC(=Nc3ccc(O)c(C(=O)O)c3)NC2=O)cc1. The monoisotopic (exact) mass is 354 g/mol. The Hall–Kier alpha value is -3.06. The van der Waals surface area contributed by atoms with Gasteiger partial charge < -0.3 is 15.5 Å². The van der Waals surface area contributed by atoms with Crippen molar-refractivity contribution in [2.45, 2.75) is 6.92 Å². The fourth-order valence-electron chi connectivity index (χ4n) is 2.18. The van der Waals surface area contributed by atoms with Crippen LogP contribution in [0.1, 0.15) is 21.5 Å². The van der Waals surface area contributed by atoms with Crippen molar-refractivity contribution in [3.05, 3.63) is 64.1 Å². The first-order valence-corrected chi connectivity index (χ1v) is 8.16. The Bertz CT molecular complexity index is 917. The highest BCUT2D eigenvalue weighted by atomic mass is 32.2. The van der Waals surface area contributed by atoms with E-state index in [1.165, 1.54) is 30.0 Å². The van der Waals surface area contributed by atoms with Gasteiger partial charge in [0.2, 0.25) is 0 Å². The van der Waals surface area contributed by atoms with Crippen LogP contribution in [0.4, 0.5) is 5.69 Å². The topological polar surface area (TPSA) is 99.0 Å². The second-order valence-corrected chi connectivity index (χ2v) is 6.43. The lowest BCUT2D eigenvalue weighted by molar-refractivity contribution is -0.115. The van der Waals surface area contributed by atoms with Crippen LogP contribution in [0.3, 0.4) is 0 Å². The first-order valence-electron chi connectivity index (χ1n) is 7.35. The second kappa shape index (κ2) is 6.82. The average molecular weight is 354 g/mol. The number of aromatic hydroxyl groups is 1. The molecule has 7 heteroatoms. The van der Waals surface area contributed by atoms with Crippen molar-refractivity contribution >= 4 is 40.6 Å². The molecule has 0 spiro atoms. The molecular weight excluding hydrogens is 340 g/mol. The Labute approximate surface area is 147 Å². The number of thioether (sulfide) groups is 1. The van der Waals surface area contributed by atoms with Crippen LogP contribution >= 0.6 is 11.8 Å². The van der Waals surface area contributed by atoms with Crippen molar-refractivity contribution in [2.24, 2.45) is 4.99 Å². The van der Waals surface area contributed by atoms with Crippen molar-refractivity contribution < 1.29 is 19.8 Å². The van der Waals surface area contributed by atoms with Gasteiger partial charge in [0.25, 0.3) is 5.91 Å². The minimum absolute atomic E-state index is 0.244. The fourth-order valence-corrected chi connectivity index (χ4v) is 3.02. The number of carboxylic acid groups (broad SMARTS) is 1. The smallest absolute Gasteiger partial charge is 0.339 e. The number of carbonyl (C=O) groups excluding carboxylic acids is 1. The van der Waals surface area contributed by atoms with Crippen LogP contribution in [0.15, 0.2) is 52.4 Å². The molecule has 0 bridgehead atoms. The van der Waals surface area contributed by atoms with Crippen molar-refractivity contribution in [3.8, 4) is 5.75 Å². The molecule has 0 saturated carbocycles. The van der Waals surface area contributed by atoms with Gasteiger partial charge in [0.15, 0.2) is 5.17 Å². The zero-order valence-corrected chi connectivity index (χ0v) is 14.0. The summed E-state index contributed by atoms with van der Waals surface area (Å²) in [5.41, 5.74) is 2.12. The summed E-state index contributed by atoms with van der Waals surface area (Å²) in [6, 6.07) is 11.7. The van der Waals surface area contributed by atoms with Gasteiger partial charge >= 0.3 is 5.97 Å². The normalized spacial score (nSPS) is 17.1. The number of rotatable bonds is 3. The minimum atomic E-state index is -1.25. The summed E-state index contributed by atoms with van der Waals surface area (Å²) in [7, 11) is 0. The summed E-state index contributed by atoms with van der Waals surface area (Å²) in [5, 5.41) is 21.5. The Kier molecular flexibility index (Phi) is 4.58. The number of carbonyl (C=O) groups is 2. The van der Waals surface area contributed by atoms with E-state index >= 15 is 0 Å². The van der Waals surface area contributed by atoms with E-state index in [-0.39, 0.29) is 17.2 Å². The predicted molar refractivity (Wildman–Crippen MR) is 97.1 cm³/mol. The second-order valence-electron chi connectivity index (χ2n) is 5.40. The van der Waals surface area contributed by atoms with Crippen LogP contribution in [0.5, 0.6) is 5.75 Å². The van der Waals surface area contributed by atoms with Crippen molar-refractivity contribution in [3.63, 3.8) is 0 Å². The van der Waals surface area contributed by atoms with Gasteiger partial charge in [0, 0.05) is 0 Å². The van der Waals surface area contributed by atoms with Gasteiger partial charge in [-0.05, 0) is 48.5 Å². The van der Waals surface area contributed by atoms with E-state index in [1.54, 1.807) is 6.08 Å². The lowest BCUT2D eigenvalue weighted by Crippen LogP contribution is -2.19. The minimum Gasteiger partial charge on any atom is -0.507 e. The summed E-state index contributed by atoms with van der Waals surface area (Å²) >= 11 is 1.17. The van der Waals surface area contributed by atoms with E-state index in [0.29, 0.717) is 15.8 Å². The van der Waals surface area contributed by atoms with Crippen molar-refractivity contribution in [2.75, 3.05) is 0 Å². The third kappa shape index (κ3) is 3.89. The highest BCUT2D eigenvalue weighted by Gasteiger charge is 2.24. The molecule has 0 radical (unpaired) electrons. The van der Waals surface area contributed by atoms with Gasteiger partial charge in [-0.2, -0.15) is 0 Å². The predicted octanol–water partition coefficient (Wildman–Crippen LogP) is 3.29. The standard InChI is InChI=1S/C18H14N2O4S/c1-10-2-4-11(5-3-10)8-15-16(22)20-18(25-15)19-12-6-7-14(21)13(9-12)17(23)24/h2-9,21H,1H3,(H,23,24)(H,19,20,22). The van der Waals surface area contributed by atoms with Crippen LogP contribution < -0.4 is 5.32 Å². The maximum Gasteiger partial charge on any atom is 0.339 e. The maximum atomic E-state index is 12.1. The first kappa shape index (κ1) is 16.8. The number of hydrogen-bond donors (Lipinski definition) is 3. The molecule has 3 rings (SSSR count). The molecule has 0 atom stereocenters. The largest absolute Gasteiger partial charge is 0.507 e. The lowest BCUT2D eigenvalue weighted by atomic mass is 10.1. The van der Waals surface area contributed by atoms with Gasteiger partial charge in [0.1, 0.15) is 11.3 Å². The molecule has 25 heavy (non-hydrogen) atoms. The molecule has 0 unspecified atom stereocenters. The number of hydrogen-bond acceptors (Lipinski definition) is 5. The van der Waals surface area contributed by atoms with Crippen LogP contribution in [-0.4, -0.2) is 27.3 Å². The number of aliphatic imine (C=N–C) groups is 1. The number of nitrogens with zero attached hydrogens (tertiary/aromatic N) is 1. The molecule has 126 valence electrons. The number of aromatic carboxylic acids is 1. The number of phenols is 1. The molecular formula is C18H14N2O4S. The zero-order chi connectivity index (χ0) is 18.0. The van der Waals surface area contributed by atoms with Crippen LogP contribution in [-0.2, 0) is 4.79 Å². The van der Waals surface area contributed by atoms with Gasteiger partial charge in [-0.3, -0.25) is 4.79 Å². The van der Waals surface area contributed by atoms with Crippen molar-refractivity contribution in [1.29, 1.82) is 0 Å². The fraction of sp³-hybridized carbons (Fsp3) is 0.0556.